The van der Waals surface area contributed by atoms with Gasteiger partial charge >= 0.3 is 5.97 Å². The molecule has 0 saturated carbocycles. The van der Waals surface area contributed by atoms with Gasteiger partial charge in [-0.15, -0.1) is 0 Å². The molecule has 86 valence electrons. The van der Waals surface area contributed by atoms with Crippen LogP contribution in [0, 0.1) is 0 Å². The number of allylic oxidation sites excluding steroid dienone is 1. The first-order valence-corrected chi connectivity index (χ1v) is 5.39. The van der Waals surface area contributed by atoms with Gasteiger partial charge < -0.3 is 9.30 Å². The lowest BCUT2D eigenvalue weighted by Crippen LogP contribution is -2.13. The maximum absolute atomic E-state index is 11.7. The summed E-state index contributed by atoms with van der Waals surface area (Å²) in [5.74, 6) is -0.364. The second kappa shape index (κ2) is 5.07. The number of hydrogen-bond donors (Lipinski definition) is 0. The van der Waals surface area contributed by atoms with Crippen LogP contribution in [-0.4, -0.2) is 21.8 Å². The molecule has 0 radical (unpaired) electrons. The third kappa shape index (κ3) is 2.38. The third-order valence-corrected chi connectivity index (χ3v) is 2.44. The minimum absolute atomic E-state index is 0.0555. The Morgan fingerprint density at radius 2 is 2.31 bits per heavy atom. The largest absolute Gasteiger partial charge is 0.427 e. The van der Waals surface area contributed by atoms with Crippen LogP contribution in [0.3, 0.4) is 0 Å². The van der Waals surface area contributed by atoms with Crippen LogP contribution in [0.15, 0.2) is 17.1 Å². The van der Waals surface area contributed by atoms with E-state index in [0.29, 0.717) is 17.6 Å². The minimum Gasteiger partial charge on any atom is -0.427 e. The highest BCUT2D eigenvalue weighted by atomic mass is 79.9. The van der Waals surface area contributed by atoms with E-state index in [4.69, 9.17) is 4.74 Å². The normalized spacial score (nSPS) is 9.94. The summed E-state index contributed by atoms with van der Waals surface area (Å²) < 4.78 is 6.83. The number of imidazole rings is 1. The molecule has 0 unspecified atom stereocenters. The minimum atomic E-state index is -0.630. The highest BCUT2D eigenvalue weighted by molar-refractivity contribution is 9.10. The first-order valence-electron chi connectivity index (χ1n) is 4.60. The van der Waals surface area contributed by atoms with Gasteiger partial charge in [-0.1, -0.05) is 6.58 Å². The van der Waals surface area contributed by atoms with Crippen LogP contribution >= 0.6 is 15.9 Å². The van der Waals surface area contributed by atoms with Crippen LogP contribution in [0.25, 0.3) is 0 Å². The number of esters is 1. The maximum Gasteiger partial charge on any atom is 0.362 e. The number of rotatable bonds is 4. The van der Waals surface area contributed by atoms with Crippen LogP contribution in [-0.2, 0) is 11.3 Å². The Hall–Kier alpha value is -1.43. The Labute approximate surface area is 101 Å². The van der Waals surface area contributed by atoms with Gasteiger partial charge in [0.05, 0.1) is 5.76 Å². The lowest BCUT2D eigenvalue weighted by molar-refractivity contribution is 0.0613. The van der Waals surface area contributed by atoms with Gasteiger partial charge in [0.25, 0.3) is 0 Å². The maximum atomic E-state index is 11.7. The highest BCUT2D eigenvalue weighted by Crippen LogP contribution is 2.17. The number of halogens is 1. The molecule has 6 heteroatoms. The number of carbonyl (C=O) groups excluding carboxylic acids is 2. The zero-order chi connectivity index (χ0) is 12.3. The summed E-state index contributed by atoms with van der Waals surface area (Å²) in [4.78, 5) is 26.4. The SMILES string of the molecule is C=C(C)OC(=O)c1c(C=O)nc(Br)n1CC. The van der Waals surface area contributed by atoms with Crippen molar-refractivity contribution in [3.8, 4) is 0 Å². The Kier molecular flexibility index (Phi) is 4.00. The number of hydrogen-bond acceptors (Lipinski definition) is 4. The molecule has 0 N–H and O–H groups in total. The number of nitrogens with zero attached hydrogens (tertiary/aromatic N) is 2. The molecule has 1 aromatic rings. The van der Waals surface area contributed by atoms with E-state index in [2.05, 4.69) is 27.5 Å². The molecule has 5 nitrogen and oxygen atoms in total. The molecule has 0 atom stereocenters. The second-order valence-electron chi connectivity index (χ2n) is 3.07. The van der Waals surface area contributed by atoms with Gasteiger partial charge in [-0.2, -0.15) is 0 Å². The summed E-state index contributed by atoms with van der Waals surface area (Å²) in [6, 6.07) is 0. The van der Waals surface area contributed by atoms with Gasteiger partial charge in [-0.3, -0.25) is 4.79 Å². The third-order valence-electron chi connectivity index (χ3n) is 1.84. The molecular weight excluding hydrogens is 276 g/mol. The monoisotopic (exact) mass is 286 g/mol. The Bertz CT molecular complexity index is 451. The molecule has 16 heavy (non-hydrogen) atoms. The number of aldehydes is 1. The zero-order valence-corrected chi connectivity index (χ0v) is 10.6. The summed E-state index contributed by atoms with van der Waals surface area (Å²) in [6.45, 7) is 7.36. The van der Waals surface area contributed by atoms with Crippen LogP contribution in [0.2, 0.25) is 0 Å². The lowest BCUT2D eigenvalue weighted by atomic mass is 10.3. The molecule has 1 aromatic heterocycles. The summed E-state index contributed by atoms with van der Waals surface area (Å²) in [6.07, 6.45) is 0.520. The zero-order valence-electron chi connectivity index (χ0n) is 8.99. The average molecular weight is 287 g/mol. The molecule has 0 saturated heterocycles. The lowest BCUT2D eigenvalue weighted by Gasteiger charge is -2.06. The molecule has 0 fully saturated rings. The molecule has 0 aliphatic rings. The molecule has 0 aromatic carbocycles. The van der Waals surface area contributed by atoms with Gasteiger partial charge in [0.1, 0.15) is 5.69 Å². The molecular formula is C10H11BrN2O3. The van der Waals surface area contributed by atoms with E-state index in [9.17, 15) is 9.59 Å². The fourth-order valence-corrected chi connectivity index (χ4v) is 1.85. The van der Waals surface area contributed by atoms with Crippen molar-refractivity contribution in [3.05, 3.63) is 28.5 Å². The van der Waals surface area contributed by atoms with Gasteiger partial charge in [0.2, 0.25) is 0 Å². The van der Waals surface area contributed by atoms with E-state index in [1.54, 1.807) is 11.5 Å². The predicted molar refractivity (Wildman–Crippen MR) is 61.2 cm³/mol. The Morgan fingerprint density at radius 3 is 2.75 bits per heavy atom. The van der Waals surface area contributed by atoms with Crippen molar-refractivity contribution in [1.82, 2.24) is 9.55 Å². The van der Waals surface area contributed by atoms with Crippen LogP contribution in [0.1, 0.15) is 34.8 Å². The summed E-state index contributed by atoms with van der Waals surface area (Å²) >= 11 is 3.17. The molecule has 1 heterocycles. The molecule has 0 aliphatic heterocycles. The smallest absolute Gasteiger partial charge is 0.362 e. The van der Waals surface area contributed by atoms with Gasteiger partial charge in [-0.25, -0.2) is 9.78 Å². The van der Waals surface area contributed by atoms with E-state index in [-0.39, 0.29) is 17.1 Å². The van der Waals surface area contributed by atoms with Crippen molar-refractivity contribution in [2.24, 2.45) is 0 Å². The first kappa shape index (κ1) is 12.6. The topological polar surface area (TPSA) is 61.2 Å². The van der Waals surface area contributed by atoms with Crippen molar-refractivity contribution >= 4 is 28.2 Å². The second-order valence-corrected chi connectivity index (χ2v) is 3.78. The average Bonchev–Trinajstić information content (AvgIpc) is 2.53. The van der Waals surface area contributed by atoms with Crippen molar-refractivity contribution in [2.75, 3.05) is 0 Å². The standard InChI is InChI=1S/C10H11BrN2O3/c1-4-13-8(9(15)16-6(2)3)7(5-14)12-10(13)11/h5H,2,4H2,1,3H3. The Balaban J connectivity index is 3.23. The quantitative estimate of drug-likeness (QED) is 0.483. The molecule has 0 spiro atoms. The van der Waals surface area contributed by atoms with E-state index in [1.807, 2.05) is 6.92 Å². The van der Waals surface area contributed by atoms with Crippen molar-refractivity contribution in [2.45, 2.75) is 20.4 Å². The number of carbonyl (C=O) groups is 2. The number of aromatic nitrogens is 2. The van der Waals surface area contributed by atoms with Crippen molar-refractivity contribution < 1.29 is 14.3 Å². The summed E-state index contributed by atoms with van der Waals surface area (Å²) in [5, 5.41) is 0. The summed E-state index contributed by atoms with van der Waals surface area (Å²) in [5.41, 5.74) is 0.187. The molecule has 0 bridgehead atoms. The van der Waals surface area contributed by atoms with Crippen molar-refractivity contribution in [1.29, 1.82) is 0 Å². The Morgan fingerprint density at radius 1 is 1.69 bits per heavy atom. The van der Waals surface area contributed by atoms with Crippen LogP contribution in [0.4, 0.5) is 0 Å². The molecule has 1 rings (SSSR count). The van der Waals surface area contributed by atoms with E-state index < -0.39 is 5.97 Å². The predicted octanol–water partition coefficient (Wildman–Crippen LogP) is 2.17. The highest BCUT2D eigenvalue weighted by Gasteiger charge is 2.22. The number of ether oxygens (including phenoxy) is 1. The van der Waals surface area contributed by atoms with Crippen LogP contribution < -0.4 is 0 Å². The summed E-state index contributed by atoms with van der Waals surface area (Å²) in [7, 11) is 0. The molecule has 0 amide bonds. The fraction of sp³-hybridized carbons (Fsp3) is 0.300. The van der Waals surface area contributed by atoms with Gasteiger partial charge in [0, 0.05) is 6.54 Å². The van der Waals surface area contributed by atoms with Gasteiger partial charge in [0.15, 0.2) is 16.7 Å². The van der Waals surface area contributed by atoms with E-state index in [0.717, 1.165) is 0 Å². The van der Waals surface area contributed by atoms with E-state index in [1.165, 1.54) is 0 Å². The van der Waals surface area contributed by atoms with E-state index >= 15 is 0 Å². The van der Waals surface area contributed by atoms with Crippen molar-refractivity contribution in [3.63, 3.8) is 0 Å². The van der Waals surface area contributed by atoms with Crippen LogP contribution in [0.5, 0.6) is 0 Å². The fourth-order valence-electron chi connectivity index (χ4n) is 1.24. The first-order chi connectivity index (χ1) is 7.51. The molecule has 0 aliphatic carbocycles. The van der Waals surface area contributed by atoms with Gasteiger partial charge in [-0.05, 0) is 29.8 Å².